The van der Waals surface area contributed by atoms with E-state index in [9.17, 15) is 9.59 Å². The first-order valence-corrected chi connectivity index (χ1v) is 8.84. The number of hydrogen-bond donors (Lipinski definition) is 0. The lowest BCUT2D eigenvalue weighted by Crippen LogP contribution is -2.41. The van der Waals surface area contributed by atoms with Gasteiger partial charge < -0.3 is 9.80 Å². The van der Waals surface area contributed by atoms with Crippen molar-refractivity contribution in [3.8, 4) is 0 Å². The maximum Gasteiger partial charge on any atom is 0.236 e. The van der Waals surface area contributed by atoms with Crippen molar-refractivity contribution in [3.63, 3.8) is 0 Å². The molecule has 0 bridgehead atoms. The molecule has 2 aliphatic heterocycles. The Bertz CT molecular complexity index is 378. The molecular weight excluding hydrogens is 278 g/mol. The van der Waals surface area contributed by atoms with E-state index in [1.54, 1.807) is 0 Å². The maximum absolute atomic E-state index is 12.2. The highest BCUT2D eigenvalue weighted by Crippen LogP contribution is 2.11. The Labute approximate surface area is 134 Å². The van der Waals surface area contributed by atoms with Gasteiger partial charge in [0.15, 0.2) is 0 Å². The van der Waals surface area contributed by atoms with E-state index in [0.717, 1.165) is 65.0 Å². The topological polar surface area (TPSA) is 43.9 Å². The molecule has 2 aliphatic rings. The minimum absolute atomic E-state index is 0.261. The highest BCUT2D eigenvalue weighted by atomic mass is 16.2. The second-order valence-electron chi connectivity index (χ2n) is 7.03. The molecule has 0 aliphatic carbocycles. The van der Waals surface area contributed by atoms with E-state index in [4.69, 9.17) is 0 Å². The highest BCUT2D eigenvalue weighted by molar-refractivity contribution is 5.78. The zero-order valence-electron chi connectivity index (χ0n) is 14.2. The SMILES string of the molecule is CC(C)CCC(=O)N1CCCN(CC(=O)N2CCCC2)CC1. The second kappa shape index (κ2) is 8.51. The van der Waals surface area contributed by atoms with Gasteiger partial charge in [0.05, 0.1) is 6.54 Å². The van der Waals surface area contributed by atoms with Gasteiger partial charge in [-0.3, -0.25) is 14.5 Å². The molecule has 2 heterocycles. The van der Waals surface area contributed by atoms with Crippen LogP contribution in [0.1, 0.15) is 46.0 Å². The Morgan fingerprint density at radius 3 is 2.14 bits per heavy atom. The van der Waals surface area contributed by atoms with Crippen LogP contribution in [0.3, 0.4) is 0 Å². The van der Waals surface area contributed by atoms with Crippen LogP contribution in [-0.4, -0.2) is 72.3 Å². The molecule has 0 atom stereocenters. The number of rotatable bonds is 5. The van der Waals surface area contributed by atoms with Gasteiger partial charge in [-0.1, -0.05) is 13.8 Å². The Hall–Kier alpha value is -1.10. The number of amides is 2. The molecule has 0 aromatic carbocycles. The summed E-state index contributed by atoms with van der Waals surface area (Å²) in [4.78, 5) is 30.6. The molecule has 0 aromatic heterocycles. The van der Waals surface area contributed by atoms with Crippen molar-refractivity contribution >= 4 is 11.8 Å². The van der Waals surface area contributed by atoms with Gasteiger partial charge in [0, 0.05) is 45.7 Å². The van der Waals surface area contributed by atoms with E-state index in [1.807, 2.05) is 9.80 Å². The summed E-state index contributed by atoms with van der Waals surface area (Å²) in [7, 11) is 0. The lowest BCUT2D eigenvalue weighted by atomic mass is 10.1. The van der Waals surface area contributed by atoms with Crippen molar-refractivity contribution in [3.05, 3.63) is 0 Å². The smallest absolute Gasteiger partial charge is 0.236 e. The van der Waals surface area contributed by atoms with Gasteiger partial charge in [0.25, 0.3) is 0 Å². The van der Waals surface area contributed by atoms with Gasteiger partial charge in [-0.05, 0) is 31.6 Å². The van der Waals surface area contributed by atoms with Crippen molar-refractivity contribution in [1.29, 1.82) is 0 Å². The van der Waals surface area contributed by atoms with Gasteiger partial charge in [-0.2, -0.15) is 0 Å². The number of carbonyl (C=O) groups excluding carboxylic acids is 2. The van der Waals surface area contributed by atoms with E-state index < -0.39 is 0 Å². The Balaban J connectivity index is 1.74. The lowest BCUT2D eigenvalue weighted by molar-refractivity contribution is -0.131. The van der Waals surface area contributed by atoms with E-state index >= 15 is 0 Å². The summed E-state index contributed by atoms with van der Waals surface area (Å²) in [5.41, 5.74) is 0. The summed E-state index contributed by atoms with van der Waals surface area (Å²) in [5.74, 6) is 1.11. The number of hydrogen-bond acceptors (Lipinski definition) is 3. The predicted molar refractivity (Wildman–Crippen MR) is 87.5 cm³/mol. The monoisotopic (exact) mass is 309 g/mol. The van der Waals surface area contributed by atoms with Gasteiger partial charge in [-0.15, -0.1) is 0 Å². The van der Waals surface area contributed by atoms with Crippen LogP contribution in [0.25, 0.3) is 0 Å². The van der Waals surface area contributed by atoms with Crippen LogP contribution < -0.4 is 0 Å². The number of carbonyl (C=O) groups is 2. The fourth-order valence-corrected chi connectivity index (χ4v) is 3.21. The predicted octanol–water partition coefficient (Wildman–Crippen LogP) is 1.58. The van der Waals surface area contributed by atoms with Crippen LogP contribution in [0.4, 0.5) is 0 Å². The summed E-state index contributed by atoms with van der Waals surface area (Å²) < 4.78 is 0. The molecule has 22 heavy (non-hydrogen) atoms. The third-order valence-electron chi connectivity index (χ3n) is 4.69. The summed E-state index contributed by atoms with van der Waals surface area (Å²) in [6, 6.07) is 0. The van der Waals surface area contributed by atoms with Crippen molar-refractivity contribution in [2.24, 2.45) is 5.92 Å². The number of nitrogens with zero attached hydrogens (tertiary/aromatic N) is 3. The summed E-state index contributed by atoms with van der Waals surface area (Å²) in [5, 5.41) is 0. The first-order chi connectivity index (χ1) is 10.6. The third-order valence-corrected chi connectivity index (χ3v) is 4.69. The standard InChI is InChI=1S/C17H31N3O2/c1-15(2)6-7-16(21)20-11-5-8-18(12-13-20)14-17(22)19-9-3-4-10-19/h15H,3-14H2,1-2H3. The van der Waals surface area contributed by atoms with Gasteiger partial charge in [0.1, 0.15) is 0 Å². The Kier molecular flexibility index (Phi) is 6.68. The molecule has 0 spiro atoms. The zero-order valence-corrected chi connectivity index (χ0v) is 14.2. The highest BCUT2D eigenvalue weighted by Gasteiger charge is 2.23. The first kappa shape index (κ1) is 17.3. The maximum atomic E-state index is 12.2. The molecule has 2 amide bonds. The van der Waals surface area contributed by atoms with Gasteiger partial charge in [0.2, 0.25) is 11.8 Å². The fourth-order valence-electron chi connectivity index (χ4n) is 3.21. The van der Waals surface area contributed by atoms with Gasteiger partial charge >= 0.3 is 0 Å². The van der Waals surface area contributed by atoms with Gasteiger partial charge in [-0.25, -0.2) is 0 Å². The molecule has 5 heteroatoms. The molecule has 2 rings (SSSR count). The summed E-state index contributed by atoms with van der Waals surface area (Å²) in [6.45, 7) is 10.0. The fraction of sp³-hybridized carbons (Fsp3) is 0.882. The molecule has 126 valence electrons. The van der Waals surface area contributed by atoms with Crippen LogP contribution in [0.15, 0.2) is 0 Å². The molecule has 5 nitrogen and oxygen atoms in total. The third kappa shape index (κ3) is 5.27. The van der Waals surface area contributed by atoms with Crippen molar-refractivity contribution in [2.45, 2.75) is 46.0 Å². The van der Waals surface area contributed by atoms with Crippen LogP contribution in [0.5, 0.6) is 0 Å². The van der Waals surface area contributed by atoms with Crippen LogP contribution in [0.2, 0.25) is 0 Å². The Morgan fingerprint density at radius 2 is 1.45 bits per heavy atom. The lowest BCUT2D eigenvalue weighted by Gasteiger charge is -2.24. The molecular formula is C17H31N3O2. The molecule has 2 fully saturated rings. The molecule has 0 radical (unpaired) electrons. The van der Waals surface area contributed by atoms with Crippen molar-refractivity contribution < 1.29 is 9.59 Å². The largest absolute Gasteiger partial charge is 0.342 e. The molecule has 0 saturated carbocycles. The van der Waals surface area contributed by atoms with Crippen LogP contribution in [0, 0.1) is 5.92 Å². The molecule has 0 N–H and O–H groups in total. The number of likely N-dealkylation sites (tertiary alicyclic amines) is 1. The summed E-state index contributed by atoms with van der Waals surface area (Å²) >= 11 is 0. The first-order valence-electron chi connectivity index (χ1n) is 8.84. The quantitative estimate of drug-likeness (QED) is 0.774. The minimum Gasteiger partial charge on any atom is -0.342 e. The van der Waals surface area contributed by atoms with Crippen molar-refractivity contribution in [2.75, 3.05) is 45.8 Å². The minimum atomic E-state index is 0.261. The molecule has 0 aromatic rings. The van der Waals surface area contributed by atoms with Crippen molar-refractivity contribution in [1.82, 2.24) is 14.7 Å². The average Bonchev–Trinajstić information content (AvgIpc) is 2.92. The average molecular weight is 309 g/mol. The van der Waals surface area contributed by atoms with Crippen LogP contribution in [-0.2, 0) is 9.59 Å². The zero-order chi connectivity index (χ0) is 15.9. The Morgan fingerprint density at radius 1 is 0.818 bits per heavy atom. The van der Waals surface area contributed by atoms with E-state index in [2.05, 4.69) is 18.7 Å². The summed E-state index contributed by atoms with van der Waals surface area (Å²) in [6.07, 6.45) is 4.88. The van der Waals surface area contributed by atoms with E-state index in [-0.39, 0.29) is 11.8 Å². The normalized spacial score (nSPS) is 20.5. The van der Waals surface area contributed by atoms with Crippen LogP contribution >= 0.6 is 0 Å². The molecule has 2 saturated heterocycles. The van der Waals surface area contributed by atoms with E-state index in [0.29, 0.717) is 18.9 Å². The van der Waals surface area contributed by atoms with E-state index in [1.165, 1.54) is 0 Å². The molecule has 0 unspecified atom stereocenters. The second-order valence-corrected chi connectivity index (χ2v) is 7.03.